The van der Waals surface area contributed by atoms with E-state index in [-0.39, 0.29) is 12.5 Å². The van der Waals surface area contributed by atoms with Crippen LogP contribution in [-0.4, -0.2) is 17.6 Å². The SMILES string of the molecule is CCc1ccc(CC(CN)(C(=O)O)C2CC2)s1. The summed E-state index contributed by atoms with van der Waals surface area (Å²) >= 11 is 1.72. The first-order valence-electron chi connectivity index (χ1n) is 6.13. The largest absolute Gasteiger partial charge is 0.481 e. The average Bonchev–Trinajstić information content (AvgIpc) is 3.06. The Morgan fingerprint density at radius 3 is 2.59 bits per heavy atom. The molecule has 0 amide bonds. The van der Waals surface area contributed by atoms with E-state index in [4.69, 9.17) is 5.73 Å². The van der Waals surface area contributed by atoms with E-state index in [0.29, 0.717) is 6.42 Å². The van der Waals surface area contributed by atoms with Crippen molar-refractivity contribution in [1.82, 2.24) is 0 Å². The molecule has 1 saturated carbocycles. The smallest absolute Gasteiger partial charge is 0.311 e. The zero-order chi connectivity index (χ0) is 12.5. The van der Waals surface area contributed by atoms with Gasteiger partial charge >= 0.3 is 5.97 Å². The molecule has 0 spiro atoms. The molecule has 1 fully saturated rings. The lowest BCUT2D eigenvalue weighted by Gasteiger charge is -2.27. The van der Waals surface area contributed by atoms with Crippen molar-refractivity contribution >= 4 is 17.3 Å². The molecule has 1 aliphatic rings. The monoisotopic (exact) mass is 253 g/mol. The van der Waals surface area contributed by atoms with Gasteiger partial charge in [-0.25, -0.2) is 0 Å². The van der Waals surface area contributed by atoms with Crippen LogP contribution < -0.4 is 5.73 Å². The lowest BCUT2D eigenvalue weighted by molar-refractivity contribution is -0.149. The van der Waals surface area contributed by atoms with Gasteiger partial charge in [0.15, 0.2) is 0 Å². The van der Waals surface area contributed by atoms with Crippen molar-refractivity contribution < 1.29 is 9.90 Å². The van der Waals surface area contributed by atoms with E-state index in [2.05, 4.69) is 19.1 Å². The van der Waals surface area contributed by atoms with Crippen molar-refractivity contribution in [2.75, 3.05) is 6.54 Å². The maximum Gasteiger partial charge on any atom is 0.311 e. The summed E-state index contributed by atoms with van der Waals surface area (Å²) in [7, 11) is 0. The second-order valence-electron chi connectivity index (χ2n) is 4.84. The first-order valence-corrected chi connectivity index (χ1v) is 6.95. The molecule has 1 atom stereocenters. The lowest BCUT2D eigenvalue weighted by Crippen LogP contribution is -2.42. The molecule has 1 heterocycles. The lowest BCUT2D eigenvalue weighted by atomic mass is 9.79. The maximum absolute atomic E-state index is 11.5. The highest BCUT2D eigenvalue weighted by molar-refractivity contribution is 7.12. The quantitative estimate of drug-likeness (QED) is 0.817. The van der Waals surface area contributed by atoms with Crippen molar-refractivity contribution in [1.29, 1.82) is 0 Å². The molecule has 0 radical (unpaired) electrons. The molecule has 0 saturated heterocycles. The number of hydrogen-bond acceptors (Lipinski definition) is 3. The Hall–Kier alpha value is -0.870. The Balaban J connectivity index is 2.19. The van der Waals surface area contributed by atoms with Gasteiger partial charge in [0.25, 0.3) is 0 Å². The van der Waals surface area contributed by atoms with Gasteiger partial charge in [0.2, 0.25) is 0 Å². The highest BCUT2D eigenvalue weighted by Crippen LogP contribution is 2.47. The van der Waals surface area contributed by atoms with Gasteiger partial charge in [-0.05, 0) is 43.7 Å². The minimum Gasteiger partial charge on any atom is -0.481 e. The molecule has 1 aromatic heterocycles. The minimum atomic E-state index is -0.728. The molecule has 0 aliphatic heterocycles. The molecular formula is C13H19NO2S. The van der Waals surface area contributed by atoms with E-state index < -0.39 is 11.4 Å². The number of rotatable bonds is 6. The fraction of sp³-hybridized carbons (Fsp3) is 0.615. The summed E-state index contributed by atoms with van der Waals surface area (Å²) in [5.41, 5.74) is 5.03. The number of hydrogen-bond donors (Lipinski definition) is 2. The van der Waals surface area contributed by atoms with Crippen molar-refractivity contribution in [3.8, 4) is 0 Å². The first-order chi connectivity index (χ1) is 8.12. The average molecular weight is 253 g/mol. The summed E-state index contributed by atoms with van der Waals surface area (Å²) in [6.07, 6.45) is 3.62. The van der Waals surface area contributed by atoms with Crippen LogP contribution in [0.25, 0.3) is 0 Å². The number of nitrogens with two attached hydrogens (primary N) is 1. The van der Waals surface area contributed by atoms with Gasteiger partial charge in [-0.2, -0.15) is 0 Å². The molecule has 3 N–H and O–H groups in total. The Morgan fingerprint density at radius 1 is 1.53 bits per heavy atom. The van der Waals surface area contributed by atoms with Crippen LogP contribution in [0, 0.1) is 11.3 Å². The second-order valence-corrected chi connectivity index (χ2v) is 6.09. The van der Waals surface area contributed by atoms with Gasteiger partial charge in [0.1, 0.15) is 0 Å². The van der Waals surface area contributed by atoms with Crippen LogP contribution in [0.4, 0.5) is 0 Å². The molecule has 1 aromatic rings. The van der Waals surface area contributed by atoms with Crippen LogP contribution >= 0.6 is 11.3 Å². The summed E-state index contributed by atoms with van der Waals surface area (Å²) in [4.78, 5) is 14.0. The van der Waals surface area contributed by atoms with E-state index >= 15 is 0 Å². The summed E-state index contributed by atoms with van der Waals surface area (Å²) < 4.78 is 0. The Morgan fingerprint density at radius 2 is 2.18 bits per heavy atom. The normalized spacial score (nSPS) is 18.9. The predicted molar refractivity (Wildman–Crippen MR) is 69.2 cm³/mol. The molecule has 0 bridgehead atoms. The zero-order valence-electron chi connectivity index (χ0n) is 10.1. The molecule has 94 valence electrons. The van der Waals surface area contributed by atoms with Crippen LogP contribution in [-0.2, 0) is 17.6 Å². The molecular weight excluding hydrogens is 234 g/mol. The van der Waals surface area contributed by atoms with Gasteiger partial charge in [-0.3, -0.25) is 4.79 Å². The van der Waals surface area contributed by atoms with E-state index in [0.717, 1.165) is 24.1 Å². The molecule has 4 heteroatoms. The number of aryl methyl sites for hydroxylation is 1. The molecule has 2 rings (SSSR count). The summed E-state index contributed by atoms with van der Waals surface area (Å²) in [6, 6.07) is 4.15. The fourth-order valence-corrected chi connectivity index (χ4v) is 3.46. The molecule has 17 heavy (non-hydrogen) atoms. The standard InChI is InChI=1S/C13H19NO2S/c1-2-10-5-6-11(17-10)7-13(8-14,12(15)16)9-3-4-9/h5-6,9H,2-4,7-8,14H2,1H3,(H,15,16). The minimum absolute atomic E-state index is 0.242. The molecule has 0 aromatic carbocycles. The van der Waals surface area contributed by atoms with Gasteiger partial charge < -0.3 is 10.8 Å². The maximum atomic E-state index is 11.5. The Kier molecular flexibility index (Phi) is 3.54. The van der Waals surface area contributed by atoms with Crippen LogP contribution in [0.3, 0.4) is 0 Å². The van der Waals surface area contributed by atoms with E-state index in [1.54, 1.807) is 11.3 Å². The van der Waals surface area contributed by atoms with Crippen LogP contribution in [0.15, 0.2) is 12.1 Å². The zero-order valence-corrected chi connectivity index (χ0v) is 10.9. The van der Waals surface area contributed by atoms with Crippen molar-refractivity contribution in [2.45, 2.75) is 32.6 Å². The van der Waals surface area contributed by atoms with Crippen LogP contribution in [0.5, 0.6) is 0 Å². The van der Waals surface area contributed by atoms with Gasteiger partial charge in [0.05, 0.1) is 5.41 Å². The third-order valence-electron chi connectivity index (χ3n) is 3.70. The van der Waals surface area contributed by atoms with Gasteiger partial charge in [0, 0.05) is 16.3 Å². The highest BCUT2D eigenvalue weighted by Gasteiger charge is 2.50. The van der Waals surface area contributed by atoms with E-state index in [1.165, 1.54) is 4.88 Å². The van der Waals surface area contributed by atoms with Gasteiger partial charge in [-0.15, -0.1) is 11.3 Å². The van der Waals surface area contributed by atoms with Crippen molar-refractivity contribution in [3.05, 3.63) is 21.9 Å². The Bertz CT molecular complexity index is 411. The summed E-state index contributed by atoms with van der Waals surface area (Å²) in [6.45, 7) is 2.36. The second kappa shape index (κ2) is 4.78. The molecule has 3 nitrogen and oxygen atoms in total. The summed E-state index contributed by atoms with van der Waals surface area (Å²) in [5, 5.41) is 9.48. The third-order valence-corrected chi connectivity index (χ3v) is 4.93. The van der Waals surface area contributed by atoms with Crippen LogP contribution in [0.2, 0.25) is 0 Å². The fourth-order valence-electron chi connectivity index (χ4n) is 2.37. The number of aliphatic carboxylic acids is 1. The first kappa shape index (κ1) is 12.6. The third kappa shape index (κ3) is 2.38. The van der Waals surface area contributed by atoms with E-state index in [9.17, 15) is 9.90 Å². The number of carboxylic acid groups (broad SMARTS) is 1. The predicted octanol–water partition coefficient (Wildman–Crippen LogP) is 2.29. The topological polar surface area (TPSA) is 63.3 Å². The number of carbonyl (C=O) groups is 1. The number of thiophene rings is 1. The van der Waals surface area contributed by atoms with Gasteiger partial charge in [-0.1, -0.05) is 6.92 Å². The van der Waals surface area contributed by atoms with E-state index in [1.807, 2.05) is 0 Å². The van der Waals surface area contributed by atoms with Crippen LogP contribution in [0.1, 0.15) is 29.5 Å². The molecule has 1 aliphatic carbocycles. The highest BCUT2D eigenvalue weighted by atomic mass is 32.1. The van der Waals surface area contributed by atoms with Crippen molar-refractivity contribution in [3.63, 3.8) is 0 Å². The summed E-state index contributed by atoms with van der Waals surface area (Å²) in [5.74, 6) is -0.453. The Labute approximate surface area is 106 Å². The number of carboxylic acids is 1. The van der Waals surface area contributed by atoms with Crippen molar-refractivity contribution in [2.24, 2.45) is 17.1 Å². The molecule has 1 unspecified atom stereocenters.